The minimum absolute atomic E-state index is 0.0165. The molecule has 1 amide bonds. The van der Waals surface area contributed by atoms with Crippen LogP contribution in [0.3, 0.4) is 0 Å². The third-order valence-corrected chi connectivity index (χ3v) is 6.79. The van der Waals surface area contributed by atoms with Crippen molar-refractivity contribution in [2.75, 3.05) is 4.90 Å². The molecule has 3 heterocycles. The second-order valence-electron chi connectivity index (χ2n) is 7.41. The van der Waals surface area contributed by atoms with Gasteiger partial charge in [-0.2, -0.15) is 0 Å². The third kappa shape index (κ3) is 3.32. The molecule has 1 aliphatic rings. The lowest BCUT2D eigenvalue weighted by molar-refractivity contribution is -0.117. The van der Waals surface area contributed by atoms with Crippen LogP contribution in [0.4, 0.5) is 5.69 Å². The molecule has 8 heteroatoms. The second kappa shape index (κ2) is 7.81. The van der Waals surface area contributed by atoms with Gasteiger partial charge in [0, 0.05) is 26.0 Å². The van der Waals surface area contributed by atoms with E-state index >= 15 is 0 Å². The van der Waals surface area contributed by atoms with E-state index in [-0.39, 0.29) is 11.3 Å². The van der Waals surface area contributed by atoms with Crippen LogP contribution in [0.5, 0.6) is 0 Å². The summed E-state index contributed by atoms with van der Waals surface area (Å²) in [5.41, 5.74) is 1.75. The zero-order valence-corrected chi connectivity index (χ0v) is 19.0. The molecule has 1 N–H and O–H groups in total. The SMILES string of the molecule is Cc1ccc(Cl)cc1N1C(=O)C(O)=C(C(=O)c2cc3cc(Cl)ccc3o2)C1c1cccs1. The molecule has 0 aliphatic carbocycles. The quantitative estimate of drug-likeness (QED) is 0.320. The van der Waals surface area contributed by atoms with Gasteiger partial charge in [-0.15, -0.1) is 11.3 Å². The van der Waals surface area contributed by atoms with Crippen molar-refractivity contribution < 1.29 is 19.1 Å². The van der Waals surface area contributed by atoms with Gasteiger partial charge in [0.05, 0.1) is 5.57 Å². The average Bonchev–Trinajstić information content (AvgIpc) is 3.48. The van der Waals surface area contributed by atoms with Crippen molar-refractivity contribution in [3.05, 3.63) is 97.6 Å². The maximum absolute atomic E-state index is 13.5. The molecule has 160 valence electrons. The fraction of sp³-hybridized carbons (Fsp3) is 0.0833. The molecular formula is C24H15Cl2NO4S. The van der Waals surface area contributed by atoms with Gasteiger partial charge in [-0.3, -0.25) is 14.5 Å². The number of fused-ring (bicyclic) bond motifs is 1. The van der Waals surface area contributed by atoms with Crippen molar-refractivity contribution in [1.82, 2.24) is 0 Å². The molecule has 1 atom stereocenters. The molecule has 1 unspecified atom stereocenters. The molecular weight excluding hydrogens is 469 g/mol. The Balaban J connectivity index is 1.66. The fourth-order valence-corrected chi connectivity index (χ4v) is 5.07. The zero-order valence-electron chi connectivity index (χ0n) is 16.6. The number of hydrogen-bond acceptors (Lipinski definition) is 5. The molecule has 1 aliphatic heterocycles. The highest BCUT2D eigenvalue weighted by atomic mass is 35.5. The van der Waals surface area contributed by atoms with Crippen molar-refractivity contribution in [3.8, 4) is 0 Å². The van der Waals surface area contributed by atoms with Crippen LogP contribution in [-0.4, -0.2) is 16.8 Å². The first-order chi connectivity index (χ1) is 15.3. The zero-order chi connectivity index (χ0) is 22.6. The fourth-order valence-electron chi connectivity index (χ4n) is 3.90. The van der Waals surface area contributed by atoms with Crippen LogP contribution >= 0.6 is 34.5 Å². The van der Waals surface area contributed by atoms with Crippen molar-refractivity contribution in [2.45, 2.75) is 13.0 Å². The number of rotatable bonds is 4. The number of benzene rings is 2. The van der Waals surface area contributed by atoms with Crippen LogP contribution in [-0.2, 0) is 4.79 Å². The van der Waals surface area contributed by atoms with Crippen LogP contribution in [0.1, 0.15) is 27.0 Å². The summed E-state index contributed by atoms with van der Waals surface area (Å²) in [6, 6.07) is 14.6. The van der Waals surface area contributed by atoms with Crippen LogP contribution in [0.2, 0.25) is 10.0 Å². The monoisotopic (exact) mass is 483 g/mol. The van der Waals surface area contributed by atoms with Crippen LogP contribution in [0, 0.1) is 6.92 Å². The number of aliphatic hydroxyl groups excluding tert-OH is 1. The van der Waals surface area contributed by atoms with Gasteiger partial charge in [0.25, 0.3) is 5.91 Å². The molecule has 2 aromatic heterocycles. The summed E-state index contributed by atoms with van der Waals surface area (Å²) in [7, 11) is 0. The van der Waals surface area contributed by atoms with E-state index in [4.69, 9.17) is 27.6 Å². The van der Waals surface area contributed by atoms with E-state index in [1.165, 1.54) is 16.2 Å². The van der Waals surface area contributed by atoms with E-state index in [1.54, 1.807) is 42.5 Å². The first kappa shape index (κ1) is 20.8. The molecule has 0 saturated heterocycles. The highest BCUT2D eigenvalue weighted by Crippen LogP contribution is 2.45. The van der Waals surface area contributed by atoms with Gasteiger partial charge in [0.15, 0.2) is 11.5 Å². The summed E-state index contributed by atoms with van der Waals surface area (Å²) in [5.74, 6) is -1.82. The number of carbonyl (C=O) groups excluding carboxylic acids is 2. The number of thiophene rings is 1. The van der Waals surface area contributed by atoms with Crippen LogP contribution < -0.4 is 4.90 Å². The summed E-state index contributed by atoms with van der Waals surface area (Å²) >= 11 is 13.6. The molecule has 0 fully saturated rings. The maximum atomic E-state index is 13.5. The Kier molecular flexibility index (Phi) is 5.08. The summed E-state index contributed by atoms with van der Waals surface area (Å²) in [5, 5.41) is 14.3. The molecule has 2 aromatic carbocycles. The van der Waals surface area contributed by atoms with Crippen molar-refractivity contribution in [3.63, 3.8) is 0 Å². The number of hydrogen-bond donors (Lipinski definition) is 1. The third-order valence-electron chi connectivity index (χ3n) is 5.40. The van der Waals surface area contributed by atoms with Gasteiger partial charge in [0.2, 0.25) is 5.78 Å². The van der Waals surface area contributed by atoms with Gasteiger partial charge >= 0.3 is 0 Å². The summed E-state index contributed by atoms with van der Waals surface area (Å²) in [6.07, 6.45) is 0. The van der Waals surface area contributed by atoms with Crippen LogP contribution in [0.25, 0.3) is 11.0 Å². The number of ketones is 1. The highest BCUT2D eigenvalue weighted by Gasteiger charge is 2.46. The van der Waals surface area contributed by atoms with Gasteiger partial charge in [-0.05, 0) is 60.3 Å². The first-order valence-corrected chi connectivity index (χ1v) is 11.3. The average molecular weight is 484 g/mol. The number of halogens is 2. The minimum atomic E-state index is -0.816. The Labute approximate surface area is 197 Å². The van der Waals surface area contributed by atoms with E-state index in [2.05, 4.69) is 0 Å². The summed E-state index contributed by atoms with van der Waals surface area (Å²) in [6.45, 7) is 1.84. The van der Waals surface area contributed by atoms with Gasteiger partial charge in [-0.25, -0.2) is 0 Å². The standard InChI is InChI=1S/C24H15Cl2NO4S/c1-12-4-5-15(26)11-16(12)27-21(19-3-2-8-32-19)20(23(29)24(27)30)22(28)18-10-13-9-14(25)6-7-17(13)31-18/h2-11,21,29H,1H3. The summed E-state index contributed by atoms with van der Waals surface area (Å²) < 4.78 is 5.73. The number of furan rings is 1. The van der Waals surface area contributed by atoms with Gasteiger partial charge in [0.1, 0.15) is 11.6 Å². The first-order valence-electron chi connectivity index (χ1n) is 9.65. The Morgan fingerprint density at radius 3 is 2.59 bits per heavy atom. The van der Waals surface area contributed by atoms with Crippen molar-refractivity contribution in [2.24, 2.45) is 0 Å². The lowest BCUT2D eigenvalue weighted by atomic mass is 9.99. The lowest BCUT2D eigenvalue weighted by Crippen LogP contribution is -2.31. The Bertz CT molecular complexity index is 1420. The second-order valence-corrected chi connectivity index (χ2v) is 9.26. The number of amides is 1. The lowest BCUT2D eigenvalue weighted by Gasteiger charge is -2.27. The summed E-state index contributed by atoms with van der Waals surface area (Å²) in [4.78, 5) is 28.9. The number of carbonyl (C=O) groups is 2. The largest absolute Gasteiger partial charge is 0.503 e. The van der Waals surface area contributed by atoms with E-state index < -0.39 is 23.5 Å². The number of Topliss-reactive ketones (excluding diaryl/α,β-unsaturated/α-hetero) is 1. The molecule has 0 spiro atoms. The number of nitrogens with zero attached hydrogens (tertiary/aromatic N) is 1. The van der Waals surface area contributed by atoms with Crippen LogP contribution in [0.15, 0.2) is 75.7 Å². The molecule has 5 rings (SSSR count). The molecule has 5 nitrogen and oxygen atoms in total. The van der Waals surface area contributed by atoms with E-state index in [1.807, 2.05) is 24.4 Å². The maximum Gasteiger partial charge on any atom is 0.294 e. The smallest absolute Gasteiger partial charge is 0.294 e. The highest BCUT2D eigenvalue weighted by molar-refractivity contribution is 7.10. The molecule has 32 heavy (non-hydrogen) atoms. The molecule has 0 saturated carbocycles. The number of aryl methyl sites for hydroxylation is 1. The number of aliphatic hydroxyl groups is 1. The van der Waals surface area contributed by atoms with E-state index in [9.17, 15) is 14.7 Å². The van der Waals surface area contributed by atoms with Crippen molar-refractivity contribution >= 4 is 62.9 Å². The number of anilines is 1. The molecule has 0 bridgehead atoms. The Morgan fingerprint density at radius 2 is 1.84 bits per heavy atom. The Morgan fingerprint density at radius 1 is 1.09 bits per heavy atom. The molecule has 4 aromatic rings. The van der Waals surface area contributed by atoms with E-state index in [0.717, 1.165) is 10.4 Å². The van der Waals surface area contributed by atoms with Gasteiger partial charge in [-0.1, -0.05) is 35.3 Å². The topological polar surface area (TPSA) is 70.8 Å². The predicted octanol–water partition coefficient (Wildman–Crippen LogP) is 6.89. The van der Waals surface area contributed by atoms with Crippen molar-refractivity contribution in [1.29, 1.82) is 0 Å². The van der Waals surface area contributed by atoms with Gasteiger partial charge < -0.3 is 9.52 Å². The minimum Gasteiger partial charge on any atom is -0.503 e. The normalized spacial score (nSPS) is 16.4. The predicted molar refractivity (Wildman–Crippen MR) is 126 cm³/mol. The van der Waals surface area contributed by atoms with E-state index in [0.29, 0.717) is 26.7 Å². The molecule has 0 radical (unpaired) electrons. The Hall–Kier alpha value is -3.06.